The van der Waals surface area contributed by atoms with Gasteiger partial charge < -0.3 is 5.73 Å². The summed E-state index contributed by atoms with van der Waals surface area (Å²) in [5.41, 5.74) is 7.27. The minimum atomic E-state index is 0.451. The molecule has 1 aliphatic carbocycles. The van der Waals surface area contributed by atoms with Crippen molar-refractivity contribution in [3.8, 4) is 0 Å². The summed E-state index contributed by atoms with van der Waals surface area (Å²) in [6, 6.07) is 0.451. The van der Waals surface area contributed by atoms with Gasteiger partial charge in [-0.3, -0.25) is 4.90 Å². The Bertz CT molecular complexity index is 201. The molecule has 0 aromatic heterocycles. The molecule has 2 nitrogen and oxygen atoms in total. The van der Waals surface area contributed by atoms with Crippen molar-refractivity contribution >= 4 is 0 Å². The van der Waals surface area contributed by atoms with Crippen molar-refractivity contribution in [1.29, 1.82) is 0 Å². The Morgan fingerprint density at radius 3 is 2.73 bits per heavy atom. The molecule has 0 bridgehead atoms. The van der Waals surface area contributed by atoms with Crippen LogP contribution in [0.2, 0.25) is 0 Å². The van der Waals surface area contributed by atoms with Gasteiger partial charge in [0.05, 0.1) is 0 Å². The highest BCUT2D eigenvalue weighted by atomic mass is 15.1. The summed E-state index contributed by atoms with van der Waals surface area (Å²) in [6.07, 6.45) is 5.12. The minimum Gasteiger partial charge on any atom is -0.328 e. The smallest absolute Gasteiger partial charge is 0.0187 e. The molecule has 2 atom stereocenters. The molecule has 1 fully saturated rings. The Morgan fingerprint density at radius 2 is 2.20 bits per heavy atom. The third-order valence-electron chi connectivity index (χ3n) is 3.28. The molecule has 1 saturated carbocycles. The Labute approximate surface area is 94.5 Å². The van der Waals surface area contributed by atoms with Gasteiger partial charge in [-0.05, 0) is 38.6 Å². The molecule has 0 aliphatic heterocycles. The van der Waals surface area contributed by atoms with Crippen LogP contribution in [-0.2, 0) is 0 Å². The molecule has 0 saturated heterocycles. The third-order valence-corrected chi connectivity index (χ3v) is 3.28. The fraction of sp³-hybridized carbons (Fsp3) is 0.846. The molecule has 88 valence electrons. The number of hydrogen-bond donors (Lipinski definition) is 1. The van der Waals surface area contributed by atoms with E-state index in [0.717, 1.165) is 19.0 Å². The highest BCUT2D eigenvalue weighted by molar-refractivity contribution is 4.92. The molecule has 0 spiro atoms. The van der Waals surface area contributed by atoms with Crippen molar-refractivity contribution in [2.45, 2.75) is 45.6 Å². The molecule has 1 aliphatic rings. The van der Waals surface area contributed by atoms with Crippen molar-refractivity contribution < 1.29 is 0 Å². The largest absolute Gasteiger partial charge is 0.328 e. The van der Waals surface area contributed by atoms with E-state index in [9.17, 15) is 0 Å². The Balaban J connectivity index is 2.33. The van der Waals surface area contributed by atoms with Crippen LogP contribution in [0.25, 0.3) is 0 Å². The first-order valence-electron chi connectivity index (χ1n) is 6.24. The minimum absolute atomic E-state index is 0.451. The molecule has 0 heterocycles. The maximum atomic E-state index is 6.01. The van der Waals surface area contributed by atoms with E-state index in [1.807, 2.05) is 0 Å². The van der Waals surface area contributed by atoms with E-state index < -0.39 is 0 Å². The summed E-state index contributed by atoms with van der Waals surface area (Å²) in [7, 11) is 0. The van der Waals surface area contributed by atoms with Crippen molar-refractivity contribution in [1.82, 2.24) is 4.90 Å². The van der Waals surface area contributed by atoms with Gasteiger partial charge in [0.1, 0.15) is 0 Å². The molecule has 2 heteroatoms. The predicted molar refractivity (Wildman–Crippen MR) is 66.9 cm³/mol. The second kappa shape index (κ2) is 6.29. The normalized spacial score (nSPS) is 26.9. The van der Waals surface area contributed by atoms with Gasteiger partial charge in [-0.2, -0.15) is 0 Å². The first-order chi connectivity index (χ1) is 7.11. The summed E-state index contributed by atoms with van der Waals surface area (Å²) in [5.74, 6) is 0.813. The van der Waals surface area contributed by atoms with Crippen LogP contribution >= 0.6 is 0 Å². The van der Waals surface area contributed by atoms with Crippen LogP contribution in [0.3, 0.4) is 0 Å². The van der Waals surface area contributed by atoms with Gasteiger partial charge in [0.15, 0.2) is 0 Å². The monoisotopic (exact) mass is 210 g/mol. The summed E-state index contributed by atoms with van der Waals surface area (Å²) >= 11 is 0. The van der Waals surface area contributed by atoms with E-state index in [0.29, 0.717) is 6.04 Å². The number of likely N-dealkylation sites (N-methyl/N-ethyl adjacent to an activating group) is 1. The highest BCUT2D eigenvalue weighted by Gasteiger charge is 2.20. The number of nitrogens with zero attached hydrogens (tertiary/aromatic N) is 1. The molecular formula is C13H26N2. The lowest BCUT2D eigenvalue weighted by atomic mass is 9.86. The Kier molecular flexibility index (Phi) is 5.34. The van der Waals surface area contributed by atoms with Crippen molar-refractivity contribution in [3.63, 3.8) is 0 Å². The van der Waals surface area contributed by atoms with Gasteiger partial charge in [0.25, 0.3) is 0 Å². The number of hydrogen-bond acceptors (Lipinski definition) is 2. The van der Waals surface area contributed by atoms with Crippen molar-refractivity contribution in [2.24, 2.45) is 11.7 Å². The topological polar surface area (TPSA) is 29.3 Å². The molecule has 15 heavy (non-hydrogen) atoms. The van der Waals surface area contributed by atoms with Crippen molar-refractivity contribution in [3.05, 3.63) is 12.2 Å². The lowest BCUT2D eigenvalue weighted by Crippen LogP contribution is -2.36. The van der Waals surface area contributed by atoms with Crippen LogP contribution in [0.5, 0.6) is 0 Å². The maximum absolute atomic E-state index is 6.01. The number of nitrogens with two attached hydrogens (primary N) is 1. The van der Waals surface area contributed by atoms with E-state index in [2.05, 4.69) is 25.3 Å². The molecule has 1 rings (SSSR count). The predicted octanol–water partition coefficient (Wildman–Crippen LogP) is 2.40. The molecule has 0 radical (unpaired) electrons. The zero-order valence-electron chi connectivity index (χ0n) is 10.3. The molecule has 0 aromatic carbocycles. The SMILES string of the molecule is C=C(C)CN(CC)CC1CCCC(N)C1. The van der Waals surface area contributed by atoms with Crippen LogP contribution in [0.4, 0.5) is 0 Å². The van der Waals surface area contributed by atoms with Crippen molar-refractivity contribution in [2.75, 3.05) is 19.6 Å². The van der Waals surface area contributed by atoms with Gasteiger partial charge in [0.2, 0.25) is 0 Å². The average molecular weight is 210 g/mol. The van der Waals surface area contributed by atoms with Gasteiger partial charge in [-0.15, -0.1) is 0 Å². The summed E-state index contributed by atoms with van der Waals surface area (Å²) in [5, 5.41) is 0. The quantitative estimate of drug-likeness (QED) is 0.706. The summed E-state index contributed by atoms with van der Waals surface area (Å²) in [6.45, 7) is 11.7. The molecule has 0 aromatic rings. The second-order valence-electron chi connectivity index (χ2n) is 5.08. The first kappa shape index (κ1) is 12.7. The Morgan fingerprint density at radius 1 is 1.47 bits per heavy atom. The van der Waals surface area contributed by atoms with E-state index >= 15 is 0 Å². The zero-order valence-corrected chi connectivity index (χ0v) is 10.3. The molecule has 2 N–H and O–H groups in total. The first-order valence-corrected chi connectivity index (χ1v) is 6.24. The van der Waals surface area contributed by atoms with Crippen LogP contribution in [-0.4, -0.2) is 30.6 Å². The van der Waals surface area contributed by atoms with Gasteiger partial charge in [0, 0.05) is 19.1 Å². The number of rotatable bonds is 5. The standard InChI is InChI=1S/C13H26N2/c1-4-15(9-11(2)3)10-12-6-5-7-13(14)8-12/h12-13H,2,4-10,14H2,1,3H3. The fourth-order valence-electron chi connectivity index (χ4n) is 2.55. The second-order valence-corrected chi connectivity index (χ2v) is 5.08. The van der Waals surface area contributed by atoms with E-state index in [1.54, 1.807) is 0 Å². The van der Waals surface area contributed by atoms with Gasteiger partial charge in [-0.1, -0.05) is 25.5 Å². The van der Waals surface area contributed by atoms with E-state index in [1.165, 1.54) is 37.8 Å². The zero-order chi connectivity index (χ0) is 11.3. The Hall–Kier alpha value is -0.340. The van der Waals surface area contributed by atoms with Crippen LogP contribution < -0.4 is 5.73 Å². The lowest BCUT2D eigenvalue weighted by Gasteiger charge is -2.31. The van der Waals surface area contributed by atoms with E-state index in [4.69, 9.17) is 5.73 Å². The third kappa shape index (κ3) is 4.80. The fourth-order valence-corrected chi connectivity index (χ4v) is 2.55. The van der Waals surface area contributed by atoms with E-state index in [-0.39, 0.29) is 0 Å². The summed E-state index contributed by atoms with van der Waals surface area (Å²) in [4.78, 5) is 2.49. The van der Waals surface area contributed by atoms with Crippen LogP contribution in [0.1, 0.15) is 39.5 Å². The van der Waals surface area contributed by atoms with Gasteiger partial charge >= 0.3 is 0 Å². The summed E-state index contributed by atoms with van der Waals surface area (Å²) < 4.78 is 0. The molecule has 0 amide bonds. The average Bonchev–Trinajstić information content (AvgIpc) is 2.16. The highest BCUT2D eigenvalue weighted by Crippen LogP contribution is 2.24. The van der Waals surface area contributed by atoms with Crippen LogP contribution in [0, 0.1) is 5.92 Å². The lowest BCUT2D eigenvalue weighted by molar-refractivity contribution is 0.210. The van der Waals surface area contributed by atoms with Gasteiger partial charge in [-0.25, -0.2) is 0 Å². The van der Waals surface area contributed by atoms with Crippen LogP contribution in [0.15, 0.2) is 12.2 Å². The maximum Gasteiger partial charge on any atom is 0.0187 e. The molecular weight excluding hydrogens is 184 g/mol. The molecule has 2 unspecified atom stereocenters.